The second kappa shape index (κ2) is 8.38. The number of carbonyl (C=O) groups is 1. The number of para-hydroxylation sites is 1. The molecule has 0 aliphatic carbocycles. The van der Waals surface area contributed by atoms with Crippen LogP contribution in [0.3, 0.4) is 0 Å². The first kappa shape index (κ1) is 17.1. The number of nitrogen functional groups attached to an aromatic ring is 1. The lowest BCUT2D eigenvalue weighted by Gasteiger charge is -2.08. The lowest BCUT2D eigenvalue weighted by atomic mass is 10.2. The van der Waals surface area contributed by atoms with Gasteiger partial charge in [0.05, 0.1) is 6.21 Å². The molecule has 0 unspecified atom stereocenters. The van der Waals surface area contributed by atoms with E-state index in [1.807, 2.05) is 54.6 Å². The molecule has 0 fully saturated rings. The third-order valence-electron chi connectivity index (χ3n) is 3.30. The number of nitrogens with one attached hydrogen (secondary N) is 1. The number of aromatic nitrogens is 4. The van der Waals surface area contributed by atoms with Crippen molar-refractivity contribution in [3.05, 3.63) is 65.7 Å². The maximum absolute atomic E-state index is 11.8. The summed E-state index contributed by atoms with van der Waals surface area (Å²) in [6.45, 7) is 0.311. The van der Waals surface area contributed by atoms with Crippen LogP contribution in [0.5, 0.6) is 5.75 Å². The second-order valence-electron chi connectivity index (χ2n) is 5.28. The minimum absolute atomic E-state index is 0.00536. The van der Waals surface area contributed by atoms with Gasteiger partial charge in [-0.25, -0.2) is 5.43 Å². The summed E-state index contributed by atoms with van der Waals surface area (Å²) in [5.41, 5.74) is 9.54. The zero-order valence-electron chi connectivity index (χ0n) is 13.8. The standard InChI is InChI=1S/C17H17N7O2/c18-17-21-23-24(22-17)11-16(25)20-19-10-14-8-4-5-9-15(14)26-12-13-6-2-1-3-7-13/h1-10H,11-12H2,(H2,18,22)(H,20,25)/b19-10-. The molecule has 0 radical (unpaired) electrons. The predicted octanol–water partition coefficient (Wildman–Crippen LogP) is 0.985. The van der Waals surface area contributed by atoms with Gasteiger partial charge in [-0.2, -0.15) is 9.90 Å². The fourth-order valence-electron chi connectivity index (χ4n) is 2.11. The third-order valence-corrected chi connectivity index (χ3v) is 3.30. The molecular weight excluding hydrogens is 334 g/mol. The lowest BCUT2D eigenvalue weighted by Crippen LogP contribution is -2.24. The molecule has 1 heterocycles. The highest BCUT2D eigenvalue weighted by Crippen LogP contribution is 2.17. The molecule has 3 rings (SSSR count). The van der Waals surface area contributed by atoms with E-state index in [1.54, 1.807) is 0 Å². The smallest absolute Gasteiger partial charge is 0.263 e. The maximum Gasteiger partial charge on any atom is 0.263 e. The van der Waals surface area contributed by atoms with Gasteiger partial charge in [-0.1, -0.05) is 47.6 Å². The molecule has 0 spiro atoms. The molecule has 9 heteroatoms. The number of ether oxygens (including phenoxy) is 1. The van der Waals surface area contributed by atoms with E-state index in [0.717, 1.165) is 15.9 Å². The number of carbonyl (C=O) groups excluding carboxylic acids is 1. The first-order valence-corrected chi connectivity index (χ1v) is 7.81. The molecule has 1 amide bonds. The first-order valence-electron chi connectivity index (χ1n) is 7.81. The molecule has 26 heavy (non-hydrogen) atoms. The maximum atomic E-state index is 11.8. The average Bonchev–Trinajstić information content (AvgIpc) is 3.06. The number of hydrazone groups is 1. The molecule has 132 valence electrons. The molecule has 2 aromatic carbocycles. The van der Waals surface area contributed by atoms with E-state index >= 15 is 0 Å². The quantitative estimate of drug-likeness (QED) is 0.484. The number of nitrogens with two attached hydrogens (primary N) is 1. The molecule has 0 aliphatic heterocycles. The molecule has 1 aromatic heterocycles. The molecule has 9 nitrogen and oxygen atoms in total. The number of rotatable bonds is 7. The largest absolute Gasteiger partial charge is 0.488 e. The Morgan fingerprint density at radius 1 is 1.19 bits per heavy atom. The van der Waals surface area contributed by atoms with E-state index in [-0.39, 0.29) is 12.5 Å². The van der Waals surface area contributed by atoms with E-state index in [4.69, 9.17) is 10.5 Å². The van der Waals surface area contributed by atoms with Crippen molar-refractivity contribution < 1.29 is 9.53 Å². The van der Waals surface area contributed by atoms with Crippen LogP contribution in [-0.4, -0.2) is 32.3 Å². The van der Waals surface area contributed by atoms with E-state index in [1.165, 1.54) is 6.21 Å². The van der Waals surface area contributed by atoms with Crippen molar-refractivity contribution in [3.63, 3.8) is 0 Å². The van der Waals surface area contributed by atoms with Crippen molar-refractivity contribution in [1.29, 1.82) is 0 Å². The normalized spacial score (nSPS) is 10.8. The van der Waals surface area contributed by atoms with E-state index in [0.29, 0.717) is 12.4 Å². The van der Waals surface area contributed by atoms with E-state index < -0.39 is 5.91 Å². The molecule has 0 saturated heterocycles. The van der Waals surface area contributed by atoms with Gasteiger partial charge in [0.2, 0.25) is 0 Å². The fraction of sp³-hybridized carbons (Fsp3) is 0.118. The summed E-state index contributed by atoms with van der Waals surface area (Å²) in [7, 11) is 0. The summed E-state index contributed by atoms with van der Waals surface area (Å²) in [5, 5.41) is 14.7. The summed E-state index contributed by atoms with van der Waals surface area (Å²) >= 11 is 0. The SMILES string of the molecule is Nc1nnn(CC(=O)N/N=C\c2ccccc2OCc2ccccc2)n1. The van der Waals surface area contributed by atoms with Crippen LogP contribution in [0.1, 0.15) is 11.1 Å². The zero-order chi connectivity index (χ0) is 18.2. The van der Waals surface area contributed by atoms with Gasteiger partial charge in [0, 0.05) is 5.56 Å². The van der Waals surface area contributed by atoms with Gasteiger partial charge in [-0.3, -0.25) is 4.79 Å². The second-order valence-corrected chi connectivity index (χ2v) is 5.28. The van der Waals surface area contributed by atoms with Gasteiger partial charge in [0.15, 0.2) is 0 Å². The van der Waals surface area contributed by atoms with Gasteiger partial charge in [0.1, 0.15) is 18.9 Å². The Balaban J connectivity index is 1.57. The number of nitrogens with zero attached hydrogens (tertiary/aromatic N) is 5. The van der Waals surface area contributed by atoms with E-state index in [2.05, 4.69) is 25.9 Å². The Bertz CT molecular complexity index is 893. The van der Waals surface area contributed by atoms with Crippen molar-refractivity contribution in [2.75, 3.05) is 5.73 Å². The van der Waals surface area contributed by atoms with Crippen LogP contribution in [-0.2, 0) is 17.9 Å². The minimum Gasteiger partial charge on any atom is -0.488 e. The summed E-state index contributed by atoms with van der Waals surface area (Å²) in [6.07, 6.45) is 1.52. The van der Waals surface area contributed by atoms with Crippen molar-refractivity contribution in [2.45, 2.75) is 13.2 Å². The topological polar surface area (TPSA) is 120 Å². The Kier molecular flexibility index (Phi) is 5.51. The lowest BCUT2D eigenvalue weighted by molar-refractivity contribution is -0.122. The zero-order valence-corrected chi connectivity index (χ0v) is 13.8. The molecule has 0 bridgehead atoms. The molecule has 0 atom stereocenters. The molecule has 0 aliphatic rings. The minimum atomic E-state index is -0.402. The van der Waals surface area contributed by atoms with Gasteiger partial charge in [-0.15, -0.1) is 5.10 Å². The average molecular weight is 351 g/mol. The Labute approximate surface area is 149 Å². The fourth-order valence-corrected chi connectivity index (χ4v) is 2.11. The van der Waals surface area contributed by atoms with E-state index in [9.17, 15) is 4.79 Å². The van der Waals surface area contributed by atoms with Crippen molar-refractivity contribution in [3.8, 4) is 5.75 Å². The molecule has 3 aromatic rings. The number of hydrogen-bond acceptors (Lipinski definition) is 7. The van der Waals surface area contributed by atoms with Crippen LogP contribution in [0, 0.1) is 0 Å². The summed E-state index contributed by atoms with van der Waals surface area (Å²) in [4.78, 5) is 12.9. The third kappa shape index (κ3) is 4.87. The highest BCUT2D eigenvalue weighted by Gasteiger charge is 2.05. The first-order chi connectivity index (χ1) is 12.7. The van der Waals surface area contributed by atoms with Crippen molar-refractivity contribution in [2.24, 2.45) is 5.10 Å². The summed E-state index contributed by atoms with van der Waals surface area (Å²) in [5.74, 6) is 0.271. The number of amides is 1. The van der Waals surface area contributed by atoms with Crippen LogP contribution >= 0.6 is 0 Å². The number of hydrogen-bond donors (Lipinski definition) is 2. The number of anilines is 1. The molecule has 0 saturated carbocycles. The summed E-state index contributed by atoms with van der Waals surface area (Å²) in [6, 6.07) is 17.3. The van der Waals surface area contributed by atoms with Crippen LogP contribution in [0.15, 0.2) is 59.7 Å². The van der Waals surface area contributed by atoms with Gasteiger partial charge < -0.3 is 10.5 Å². The highest BCUT2D eigenvalue weighted by molar-refractivity contribution is 5.85. The Morgan fingerprint density at radius 2 is 1.96 bits per heavy atom. The number of benzene rings is 2. The van der Waals surface area contributed by atoms with Crippen molar-refractivity contribution in [1.82, 2.24) is 25.6 Å². The van der Waals surface area contributed by atoms with Crippen LogP contribution in [0.25, 0.3) is 0 Å². The van der Waals surface area contributed by atoms with Crippen LogP contribution < -0.4 is 15.9 Å². The Hall–Kier alpha value is -3.75. The van der Waals surface area contributed by atoms with Crippen LogP contribution in [0.4, 0.5) is 5.95 Å². The van der Waals surface area contributed by atoms with Gasteiger partial charge in [0.25, 0.3) is 11.9 Å². The Morgan fingerprint density at radius 3 is 2.73 bits per heavy atom. The van der Waals surface area contributed by atoms with Crippen molar-refractivity contribution >= 4 is 18.1 Å². The van der Waals surface area contributed by atoms with Crippen LogP contribution in [0.2, 0.25) is 0 Å². The summed E-state index contributed by atoms with van der Waals surface area (Å²) < 4.78 is 5.83. The molecule has 3 N–H and O–H groups in total. The highest BCUT2D eigenvalue weighted by atomic mass is 16.5. The number of tetrazole rings is 1. The monoisotopic (exact) mass is 351 g/mol. The molecular formula is C17H17N7O2. The van der Waals surface area contributed by atoms with Gasteiger partial charge >= 0.3 is 0 Å². The predicted molar refractivity (Wildman–Crippen MR) is 95.2 cm³/mol. The van der Waals surface area contributed by atoms with Gasteiger partial charge in [-0.05, 0) is 22.9 Å².